The zero-order valence-corrected chi connectivity index (χ0v) is 8.22. The predicted molar refractivity (Wildman–Crippen MR) is 60.2 cm³/mol. The Bertz CT molecular complexity index is 485. The summed E-state index contributed by atoms with van der Waals surface area (Å²) >= 11 is 0. The largest absolute Gasteiger partial charge is 0.331 e. The third-order valence-electron chi connectivity index (χ3n) is 2.59. The first kappa shape index (κ1) is 8.29. The van der Waals surface area contributed by atoms with Crippen molar-refractivity contribution < 1.29 is 0 Å². The van der Waals surface area contributed by atoms with Gasteiger partial charge in [0, 0.05) is 18.6 Å². The van der Waals surface area contributed by atoms with Crippen molar-refractivity contribution in [3.8, 4) is 0 Å². The van der Waals surface area contributed by atoms with Crippen LogP contribution in [0, 0.1) is 0 Å². The second-order valence-corrected chi connectivity index (χ2v) is 3.56. The van der Waals surface area contributed by atoms with E-state index in [9.17, 15) is 0 Å². The lowest BCUT2D eigenvalue weighted by atomic mass is 10.0. The van der Waals surface area contributed by atoms with Crippen LogP contribution in [0.4, 0.5) is 5.95 Å². The molecule has 0 saturated carbocycles. The Morgan fingerprint density at radius 2 is 2.20 bits per heavy atom. The molecule has 1 aliphatic heterocycles. The first-order chi connectivity index (χ1) is 7.43. The molecule has 0 fully saturated rings. The van der Waals surface area contributed by atoms with Crippen molar-refractivity contribution in [2.45, 2.75) is 6.54 Å². The second-order valence-electron chi connectivity index (χ2n) is 3.56. The number of hydrogen-bond acceptors (Lipinski definition) is 2. The van der Waals surface area contributed by atoms with Crippen LogP contribution in [0.25, 0.3) is 6.08 Å². The molecule has 0 atom stereocenters. The summed E-state index contributed by atoms with van der Waals surface area (Å²) in [7, 11) is 0. The summed E-state index contributed by atoms with van der Waals surface area (Å²) in [6.45, 7) is 0.875. The number of nitrogens with zero attached hydrogens (tertiary/aromatic N) is 2. The Labute approximate surface area is 88.1 Å². The minimum atomic E-state index is 0.875. The zero-order valence-electron chi connectivity index (χ0n) is 8.22. The van der Waals surface area contributed by atoms with Crippen molar-refractivity contribution in [3.63, 3.8) is 0 Å². The van der Waals surface area contributed by atoms with Crippen molar-refractivity contribution in [2.24, 2.45) is 0 Å². The smallest absolute Gasteiger partial charge is 0.207 e. The number of hydrogen-bond donors (Lipinski definition) is 1. The Morgan fingerprint density at radius 1 is 1.27 bits per heavy atom. The van der Waals surface area contributed by atoms with Crippen molar-refractivity contribution >= 4 is 12.0 Å². The molecule has 0 amide bonds. The maximum absolute atomic E-state index is 4.23. The topological polar surface area (TPSA) is 31.9 Å². The van der Waals surface area contributed by atoms with Gasteiger partial charge in [-0.1, -0.05) is 24.3 Å². The van der Waals surface area contributed by atoms with Gasteiger partial charge in [0.15, 0.2) is 0 Å². The molecule has 2 aromatic rings. The van der Waals surface area contributed by atoms with E-state index in [2.05, 4.69) is 51.4 Å². The van der Waals surface area contributed by atoms with Gasteiger partial charge in [-0.15, -0.1) is 0 Å². The number of rotatable bonds is 1. The first-order valence-electron chi connectivity index (χ1n) is 4.95. The number of benzene rings is 1. The number of aromatic nitrogens is 2. The Balaban J connectivity index is 1.96. The molecule has 3 heteroatoms. The fourth-order valence-electron chi connectivity index (χ4n) is 1.81. The fourth-order valence-corrected chi connectivity index (χ4v) is 1.81. The lowest BCUT2D eigenvalue weighted by Gasteiger charge is -2.22. The van der Waals surface area contributed by atoms with Gasteiger partial charge in [0.05, 0.1) is 6.54 Å². The van der Waals surface area contributed by atoms with Crippen LogP contribution in [0.5, 0.6) is 0 Å². The summed E-state index contributed by atoms with van der Waals surface area (Å²) in [4.78, 5) is 9.43. The van der Waals surface area contributed by atoms with E-state index in [0.29, 0.717) is 0 Å². The summed E-state index contributed by atoms with van der Waals surface area (Å²) in [5.74, 6) is 0.890. The quantitative estimate of drug-likeness (QED) is 0.761. The molecule has 1 N–H and O–H groups in total. The SMILES string of the molecule is C1=CN(c2ncc[nH]2)Cc2ccccc21. The molecule has 0 radical (unpaired) electrons. The molecule has 0 saturated heterocycles. The molecule has 3 rings (SSSR count). The maximum Gasteiger partial charge on any atom is 0.207 e. The average Bonchev–Trinajstić information content (AvgIpc) is 2.82. The van der Waals surface area contributed by atoms with Crippen LogP contribution >= 0.6 is 0 Å². The highest BCUT2D eigenvalue weighted by Crippen LogP contribution is 2.21. The van der Waals surface area contributed by atoms with E-state index in [1.54, 1.807) is 6.20 Å². The molecule has 0 aliphatic carbocycles. The van der Waals surface area contributed by atoms with E-state index in [4.69, 9.17) is 0 Å². The van der Waals surface area contributed by atoms with E-state index in [0.717, 1.165) is 12.5 Å². The second kappa shape index (κ2) is 3.28. The van der Waals surface area contributed by atoms with Crippen LogP contribution in [-0.2, 0) is 6.54 Å². The molecule has 3 nitrogen and oxygen atoms in total. The molecular formula is C12H11N3. The summed E-state index contributed by atoms with van der Waals surface area (Å²) in [5, 5.41) is 0. The minimum Gasteiger partial charge on any atom is -0.331 e. The fraction of sp³-hybridized carbons (Fsp3) is 0.0833. The van der Waals surface area contributed by atoms with Crippen LogP contribution in [0.1, 0.15) is 11.1 Å². The molecule has 0 unspecified atom stereocenters. The van der Waals surface area contributed by atoms with Crippen LogP contribution in [0.3, 0.4) is 0 Å². The van der Waals surface area contributed by atoms with Crippen molar-refractivity contribution in [3.05, 3.63) is 54.0 Å². The van der Waals surface area contributed by atoms with Crippen molar-refractivity contribution in [1.82, 2.24) is 9.97 Å². The molecule has 1 aliphatic rings. The van der Waals surface area contributed by atoms with Gasteiger partial charge < -0.3 is 9.88 Å². The van der Waals surface area contributed by atoms with E-state index in [1.165, 1.54) is 11.1 Å². The predicted octanol–water partition coefficient (Wildman–Crippen LogP) is 2.40. The zero-order chi connectivity index (χ0) is 10.1. The molecule has 2 heterocycles. The van der Waals surface area contributed by atoms with Gasteiger partial charge in [0.2, 0.25) is 5.95 Å². The molecule has 74 valence electrons. The van der Waals surface area contributed by atoms with Crippen molar-refractivity contribution in [2.75, 3.05) is 4.90 Å². The third-order valence-corrected chi connectivity index (χ3v) is 2.59. The Kier molecular flexibility index (Phi) is 1.81. The minimum absolute atomic E-state index is 0.875. The molecule has 1 aromatic heterocycles. The highest BCUT2D eigenvalue weighted by molar-refractivity contribution is 5.61. The van der Waals surface area contributed by atoms with Gasteiger partial charge >= 0.3 is 0 Å². The van der Waals surface area contributed by atoms with Crippen LogP contribution in [0.15, 0.2) is 42.9 Å². The number of fused-ring (bicyclic) bond motifs is 1. The van der Waals surface area contributed by atoms with E-state index in [-0.39, 0.29) is 0 Å². The molecular weight excluding hydrogens is 186 g/mol. The Hall–Kier alpha value is -2.03. The van der Waals surface area contributed by atoms with Gasteiger partial charge in [-0.05, 0) is 17.2 Å². The Morgan fingerprint density at radius 3 is 3.07 bits per heavy atom. The number of anilines is 1. The third kappa shape index (κ3) is 1.42. The number of H-pyrrole nitrogens is 1. The van der Waals surface area contributed by atoms with Gasteiger partial charge in [0.25, 0.3) is 0 Å². The summed E-state index contributed by atoms with van der Waals surface area (Å²) in [6.07, 6.45) is 7.77. The summed E-state index contributed by atoms with van der Waals surface area (Å²) in [6, 6.07) is 8.41. The van der Waals surface area contributed by atoms with E-state index >= 15 is 0 Å². The summed E-state index contributed by atoms with van der Waals surface area (Å²) in [5.41, 5.74) is 2.62. The first-order valence-corrected chi connectivity index (χ1v) is 4.95. The van der Waals surface area contributed by atoms with E-state index in [1.807, 2.05) is 6.20 Å². The van der Waals surface area contributed by atoms with Crippen molar-refractivity contribution in [1.29, 1.82) is 0 Å². The van der Waals surface area contributed by atoms with Gasteiger partial charge in [0.1, 0.15) is 0 Å². The normalized spacial score (nSPS) is 14.0. The van der Waals surface area contributed by atoms with Crippen LogP contribution in [-0.4, -0.2) is 9.97 Å². The lowest BCUT2D eigenvalue weighted by Crippen LogP contribution is -2.19. The highest BCUT2D eigenvalue weighted by atomic mass is 15.2. The molecule has 0 bridgehead atoms. The van der Waals surface area contributed by atoms with Gasteiger partial charge in [-0.25, -0.2) is 4.98 Å². The number of aromatic amines is 1. The van der Waals surface area contributed by atoms with Gasteiger partial charge in [-0.2, -0.15) is 0 Å². The monoisotopic (exact) mass is 197 g/mol. The lowest BCUT2D eigenvalue weighted by molar-refractivity contribution is 0.912. The summed E-state index contributed by atoms with van der Waals surface area (Å²) < 4.78 is 0. The average molecular weight is 197 g/mol. The standard InChI is InChI=1S/C12H11N3/c1-2-4-11-9-15(8-5-10(11)3-1)12-13-6-7-14-12/h1-8H,9H2,(H,13,14). The molecule has 15 heavy (non-hydrogen) atoms. The van der Waals surface area contributed by atoms with Gasteiger partial charge in [-0.3, -0.25) is 0 Å². The van der Waals surface area contributed by atoms with Crippen LogP contribution < -0.4 is 4.90 Å². The maximum atomic E-state index is 4.23. The number of nitrogens with one attached hydrogen (secondary N) is 1. The highest BCUT2D eigenvalue weighted by Gasteiger charge is 2.12. The number of imidazole rings is 1. The molecule has 0 spiro atoms. The van der Waals surface area contributed by atoms with E-state index < -0.39 is 0 Å². The van der Waals surface area contributed by atoms with Crippen LogP contribution in [0.2, 0.25) is 0 Å². The molecule has 1 aromatic carbocycles.